The summed E-state index contributed by atoms with van der Waals surface area (Å²) in [7, 11) is -1.28. The second kappa shape index (κ2) is 4.14. The van der Waals surface area contributed by atoms with Crippen LogP contribution in [0.1, 0.15) is 22.6 Å². The number of amides is 1. The third-order valence-electron chi connectivity index (χ3n) is 2.80. The van der Waals surface area contributed by atoms with Crippen molar-refractivity contribution in [2.75, 3.05) is 11.5 Å². The van der Waals surface area contributed by atoms with Crippen molar-refractivity contribution in [2.45, 2.75) is 19.4 Å². The van der Waals surface area contributed by atoms with Crippen LogP contribution in [0.3, 0.4) is 0 Å². The second-order valence-corrected chi connectivity index (χ2v) is 6.60. The highest BCUT2D eigenvalue weighted by molar-refractivity contribution is 7.91. The quantitative estimate of drug-likeness (QED) is 0.785. The molecule has 0 aliphatic carbocycles. The largest absolute Gasteiger partial charge is 0.347 e. The van der Waals surface area contributed by atoms with E-state index in [0.717, 1.165) is 5.69 Å². The lowest BCUT2D eigenvalue weighted by atomic mass is 10.2. The molecule has 1 saturated heterocycles. The molecule has 0 spiro atoms. The number of aromatic nitrogens is 2. The van der Waals surface area contributed by atoms with Gasteiger partial charge in [-0.1, -0.05) is 0 Å². The van der Waals surface area contributed by atoms with Crippen molar-refractivity contribution in [3.8, 4) is 0 Å². The molecule has 1 aromatic rings. The summed E-state index contributed by atoms with van der Waals surface area (Å²) in [5.41, 5.74) is 1.21. The van der Waals surface area contributed by atoms with Gasteiger partial charge in [-0.25, -0.2) is 8.42 Å². The van der Waals surface area contributed by atoms with E-state index in [-0.39, 0.29) is 23.5 Å². The van der Waals surface area contributed by atoms with Gasteiger partial charge in [-0.2, -0.15) is 5.10 Å². The Morgan fingerprint density at radius 2 is 2.29 bits per heavy atom. The molecule has 1 aromatic heterocycles. The first-order valence-electron chi connectivity index (χ1n) is 5.39. The Morgan fingerprint density at radius 1 is 1.59 bits per heavy atom. The molecule has 1 aliphatic heterocycles. The van der Waals surface area contributed by atoms with Gasteiger partial charge in [-0.3, -0.25) is 9.48 Å². The Labute approximate surface area is 99.9 Å². The van der Waals surface area contributed by atoms with Gasteiger partial charge in [0.05, 0.1) is 17.2 Å². The summed E-state index contributed by atoms with van der Waals surface area (Å²) in [6.07, 6.45) is 0.491. The molecule has 0 saturated carbocycles. The molecule has 0 bridgehead atoms. The minimum atomic E-state index is -2.97. The van der Waals surface area contributed by atoms with Crippen LogP contribution in [0.2, 0.25) is 0 Å². The number of nitrogens with one attached hydrogen (secondary N) is 1. The van der Waals surface area contributed by atoms with E-state index in [1.807, 2.05) is 0 Å². The minimum absolute atomic E-state index is 0.0373. The Kier molecular flexibility index (Phi) is 2.94. The zero-order chi connectivity index (χ0) is 12.6. The monoisotopic (exact) mass is 257 g/mol. The molecule has 1 aliphatic rings. The van der Waals surface area contributed by atoms with Crippen LogP contribution in [0, 0.1) is 6.92 Å². The predicted molar refractivity (Wildman–Crippen MR) is 62.5 cm³/mol. The second-order valence-electron chi connectivity index (χ2n) is 4.37. The first kappa shape index (κ1) is 12.1. The van der Waals surface area contributed by atoms with Gasteiger partial charge in [-0.05, 0) is 19.4 Å². The van der Waals surface area contributed by atoms with Gasteiger partial charge in [-0.15, -0.1) is 0 Å². The normalized spacial score (nSPS) is 22.6. The fraction of sp³-hybridized carbons (Fsp3) is 0.600. The molecule has 94 valence electrons. The Bertz CT molecular complexity index is 547. The number of sulfone groups is 1. The summed E-state index contributed by atoms with van der Waals surface area (Å²) < 4.78 is 24.0. The summed E-state index contributed by atoms with van der Waals surface area (Å²) in [6, 6.07) is 1.40. The van der Waals surface area contributed by atoms with Gasteiger partial charge in [0.1, 0.15) is 5.69 Å². The Morgan fingerprint density at radius 3 is 2.76 bits per heavy atom. The molecule has 1 N–H and O–H groups in total. The molecular weight excluding hydrogens is 242 g/mol. The number of carbonyl (C=O) groups is 1. The summed E-state index contributed by atoms with van der Waals surface area (Å²) in [6.45, 7) is 1.80. The van der Waals surface area contributed by atoms with E-state index in [9.17, 15) is 13.2 Å². The van der Waals surface area contributed by atoms with Gasteiger partial charge in [0.2, 0.25) is 0 Å². The maximum Gasteiger partial charge on any atom is 0.269 e. The van der Waals surface area contributed by atoms with E-state index in [0.29, 0.717) is 12.1 Å². The number of aryl methyl sites for hydroxylation is 2. The third-order valence-corrected chi connectivity index (χ3v) is 4.57. The number of hydrogen-bond donors (Lipinski definition) is 1. The molecule has 17 heavy (non-hydrogen) atoms. The molecule has 1 unspecified atom stereocenters. The van der Waals surface area contributed by atoms with Crippen LogP contribution >= 0.6 is 0 Å². The summed E-state index contributed by atoms with van der Waals surface area (Å²) in [5.74, 6) is -0.0759. The van der Waals surface area contributed by atoms with E-state index in [1.54, 1.807) is 20.0 Å². The van der Waals surface area contributed by atoms with Crippen molar-refractivity contribution in [2.24, 2.45) is 7.05 Å². The highest BCUT2D eigenvalue weighted by Crippen LogP contribution is 2.12. The number of carbonyl (C=O) groups excluding carboxylic acids is 1. The van der Waals surface area contributed by atoms with Gasteiger partial charge in [0.25, 0.3) is 5.91 Å². The topological polar surface area (TPSA) is 81.1 Å². The summed E-state index contributed by atoms with van der Waals surface area (Å²) >= 11 is 0. The van der Waals surface area contributed by atoms with E-state index in [2.05, 4.69) is 10.4 Å². The highest BCUT2D eigenvalue weighted by Gasteiger charge is 2.29. The van der Waals surface area contributed by atoms with E-state index >= 15 is 0 Å². The SMILES string of the molecule is Cc1cc(C(=O)NC2CCS(=O)(=O)C2)n(C)n1. The molecule has 1 fully saturated rings. The molecule has 0 aromatic carbocycles. The number of rotatable bonds is 2. The standard InChI is InChI=1S/C10H15N3O3S/c1-7-5-9(13(2)12-7)10(14)11-8-3-4-17(15,16)6-8/h5,8H,3-4,6H2,1-2H3,(H,11,14). The molecule has 0 radical (unpaired) electrons. The third kappa shape index (κ3) is 2.66. The number of nitrogens with zero attached hydrogens (tertiary/aromatic N) is 2. The summed E-state index contributed by atoms with van der Waals surface area (Å²) in [4.78, 5) is 11.9. The molecule has 2 heterocycles. The van der Waals surface area contributed by atoms with Crippen LogP contribution in [0.4, 0.5) is 0 Å². The lowest BCUT2D eigenvalue weighted by molar-refractivity contribution is 0.0931. The number of hydrogen-bond acceptors (Lipinski definition) is 4. The average molecular weight is 257 g/mol. The van der Waals surface area contributed by atoms with Crippen LogP contribution < -0.4 is 5.32 Å². The Balaban J connectivity index is 2.06. The average Bonchev–Trinajstić information content (AvgIpc) is 2.69. The molecule has 1 atom stereocenters. The fourth-order valence-corrected chi connectivity index (χ4v) is 3.66. The van der Waals surface area contributed by atoms with Crippen LogP contribution in [0.15, 0.2) is 6.07 Å². The van der Waals surface area contributed by atoms with Crippen LogP contribution in [0.5, 0.6) is 0 Å². The maximum absolute atomic E-state index is 11.9. The van der Waals surface area contributed by atoms with Crippen molar-refractivity contribution in [3.05, 3.63) is 17.5 Å². The van der Waals surface area contributed by atoms with E-state index in [4.69, 9.17) is 0 Å². The molecular formula is C10H15N3O3S. The highest BCUT2D eigenvalue weighted by atomic mass is 32.2. The van der Waals surface area contributed by atoms with Crippen LogP contribution in [-0.2, 0) is 16.9 Å². The predicted octanol–water partition coefficient (Wildman–Crippen LogP) is -0.355. The molecule has 2 rings (SSSR count). The zero-order valence-electron chi connectivity index (χ0n) is 9.80. The van der Waals surface area contributed by atoms with Crippen molar-refractivity contribution in [1.29, 1.82) is 0 Å². The van der Waals surface area contributed by atoms with Crippen molar-refractivity contribution in [3.63, 3.8) is 0 Å². The molecule has 1 amide bonds. The van der Waals surface area contributed by atoms with Gasteiger partial charge >= 0.3 is 0 Å². The Hall–Kier alpha value is -1.37. The molecule has 7 heteroatoms. The summed E-state index contributed by atoms with van der Waals surface area (Å²) in [5, 5.41) is 6.80. The minimum Gasteiger partial charge on any atom is -0.347 e. The van der Waals surface area contributed by atoms with Crippen molar-refractivity contribution >= 4 is 15.7 Å². The lowest BCUT2D eigenvalue weighted by Crippen LogP contribution is -2.36. The van der Waals surface area contributed by atoms with Crippen molar-refractivity contribution in [1.82, 2.24) is 15.1 Å². The fourth-order valence-electron chi connectivity index (χ4n) is 1.99. The van der Waals surface area contributed by atoms with Gasteiger partial charge < -0.3 is 5.32 Å². The zero-order valence-corrected chi connectivity index (χ0v) is 10.6. The van der Waals surface area contributed by atoms with Crippen LogP contribution in [0.25, 0.3) is 0 Å². The van der Waals surface area contributed by atoms with Crippen LogP contribution in [-0.4, -0.2) is 41.7 Å². The van der Waals surface area contributed by atoms with E-state index in [1.165, 1.54) is 4.68 Å². The maximum atomic E-state index is 11.9. The molecule has 6 nitrogen and oxygen atoms in total. The van der Waals surface area contributed by atoms with Gasteiger partial charge in [0, 0.05) is 13.1 Å². The first-order valence-corrected chi connectivity index (χ1v) is 7.21. The van der Waals surface area contributed by atoms with Crippen molar-refractivity contribution < 1.29 is 13.2 Å². The first-order chi connectivity index (χ1) is 7.87. The van der Waals surface area contributed by atoms with Gasteiger partial charge in [0.15, 0.2) is 9.84 Å². The smallest absolute Gasteiger partial charge is 0.269 e. The van der Waals surface area contributed by atoms with E-state index < -0.39 is 9.84 Å². The lowest BCUT2D eigenvalue weighted by Gasteiger charge is -2.10.